The Morgan fingerprint density at radius 2 is 1.04 bits per heavy atom. The Bertz CT molecular complexity index is 2550. The van der Waals surface area contributed by atoms with Crippen LogP contribution in [0.5, 0.6) is 23.0 Å². The average Bonchev–Trinajstić information content (AvgIpc) is 3.17. The van der Waals surface area contributed by atoms with E-state index in [1.54, 1.807) is 54.6 Å². The number of aldehydes is 1. The van der Waals surface area contributed by atoms with Gasteiger partial charge in [0.1, 0.15) is 32.7 Å². The van der Waals surface area contributed by atoms with Gasteiger partial charge in [0.05, 0.1) is 28.4 Å². The lowest BCUT2D eigenvalue weighted by Crippen LogP contribution is -2.16. The van der Waals surface area contributed by atoms with Gasteiger partial charge in [-0.05, 0) is 48.7 Å². The molecule has 2 aliphatic rings. The van der Waals surface area contributed by atoms with E-state index in [1.807, 2.05) is 19.9 Å². The zero-order valence-electron chi connectivity index (χ0n) is 28.4. The maximum atomic E-state index is 12.4. The number of aromatic nitrogens is 2. The lowest BCUT2D eigenvalue weighted by atomic mass is 10.1. The third kappa shape index (κ3) is 8.80. The van der Waals surface area contributed by atoms with Crippen molar-refractivity contribution in [1.82, 2.24) is 9.97 Å². The van der Waals surface area contributed by atoms with Gasteiger partial charge in [0.25, 0.3) is 0 Å². The van der Waals surface area contributed by atoms with Crippen molar-refractivity contribution < 1.29 is 54.5 Å². The summed E-state index contributed by atoms with van der Waals surface area (Å²) < 4.78 is 66.0. The summed E-state index contributed by atoms with van der Waals surface area (Å²) in [6.45, 7) is 5.48. The van der Waals surface area contributed by atoms with E-state index in [0.29, 0.717) is 87.9 Å². The molecule has 16 nitrogen and oxygen atoms in total. The first kappa shape index (κ1) is 38.9. The smallest absolute Gasteiger partial charge is 0.347 e. The van der Waals surface area contributed by atoms with Gasteiger partial charge in [0, 0.05) is 41.0 Å². The van der Waals surface area contributed by atoms with E-state index >= 15 is 0 Å². The molecular weight excluding hydrogens is 749 g/mol. The standard InChI is InChI=1S/C18H15NO5.C18H13NO5.2O2S/c2*1-10-6-11(9-20)2-3-12(10)17-19-14-8-16-15(22-4-5-23-16)7-13(14)18(21)24-17;2*1-3-2/h2-3,6-8,20H,4-5,9H2,1H3;2-3,6-9H,4-5H2,1H3;;. The second kappa shape index (κ2) is 17.9. The summed E-state index contributed by atoms with van der Waals surface area (Å²) in [4.78, 5) is 44.4. The molecule has 8 rings (SSSR count). The summed E-state index contributed by atoms with van der Waals surface area (Å²) >= 11 is -1.50. The molecule has 0 atom stereocenters. The van der Waals surface area contributed by atoms with Crippen LogP contribution in [0.3, 0.4) is 0 Å². The molecule has 0 radical (unpaired) electrons. The van der Waals surface area contributed by atoms with Crippen LogP contribution in [0, 0.1) is 13.8 Å². The molecule has 4 heterocycles. The molecule has 0 saturated carbocycles. The zero-order valence-corrected chi connectivity index (χ0v) is 30.0. The minimum Gasteiger partial charge on any atom is -0.486 e. The Morgan fingerprint density at radius 1 is 0.630 bits per heavy atom. The molecular formula is C36H28N2O14S2. The number of carbonyl (C=O) groups is 1. The van der Waals surface area contributed by atoms with Gasteiger partial charge >= 0.3 is 34.4 Å². The van der Waals surface area contributed by atoms with Gasteiger partial charge in [0.2, 0.25) is 11.8 Å². The lowest BCUT2D eigenvalue weighted by Gasteiger charge is -2.18. The molecule has 1 N–H and O–H groups in total. The summed E-state index contributed by atoms with van der Waals surface area (Å²) in [7, 11) is 0. The molecule has 0 bridgehead atoms. The van der Waals surface area contributed by atoms with Crippen molar-refractivity contribution in [3.63, 3.8) is 0 Å². The largest absolute Gasteiger partial charge is 0.486 e. The van der Waals surface area contributed by atoms with E-state index in [9.17, 15) is 19.5 Å². The number of aliphatic hydroxyl groups excluding tert-OH is 1. The second-order valence-electron chi connectivity index (χ2n) is 11.3. The first-order valence-electron chi connectivity index (χ1n) is 15.7. The van der Waals surface area contributed by atoms with Crippen LogP contribution in [-0.2, 0) is 29.7 Å². The van der Waals surface area contributed by atoms with Gasteiger partial charge in [-0.1, -0.05) is 18.2 Å². The van der Waals surface area contributed by atoms with Crippen LogP contribution in [0.15, 0.2) is 79.1 Å². The van der Waals surface area contributed by atoms with E-state index in [-0.39, 0.29) is 18.4 Å². The number of ether oxygens (including phenoxy) is 4. The van der Waals surface area contributed by atoms with Gasteiger partial charge in [-0.15, -0.1) is 0 Å². The first-order valence-corrected chi connectivity index (χ1v) is 17.1. The van der Waals surface area contributed by atoms with Crippen molar-refractivity contribution in [2.24, 2.45) is 0 Å². The van der Waals surface area contributed by atoms with E-state index in [2.05, 4.69) is 9.97 Å². The molecule has 0 fully saturated rings. The minimum absolute atomic E-state index is 0.0420. The number of nitrogens with zero attached hydrogens (tertiary/aromatic N) is 2. The molecule has 54 heavy (non-hydrogen) atoms. The number of rotatable bonds is 4. The molecule has 0 aliphatic carbocycles. The van der Waals surface area contributed by atoms with Gasteiger partial charge in [-0.25, -0.2) is 19.6 Å². The monoisotopic (exact) mass is 776 g/mol. The van der Waals surface area contributed by atoms with Gasteiger partial charge < -0.3 is 32.9 Å². The molecule has 0 unspecified atom stereocenters. The van der Waals surface area contributed by atoms with Crippen LogP contribution >= 0.6 is 0 Å². The van der Waals surface area contributed by atoms with Crippen LogP contribution in [-0.4, -0.2) is 64.6 Å². The molecule has 278 valence electrons. The molecule has 0 spiro atoms. The van der Waals surface area contributed by atoms with Crippen molar-refractivity contribution in [2.45, 2.75) is 20.5 Å². The Morgan fingerprint density at radius 3 is 1.43 bits per heavy atom. The van der Waals surface area contributed by atoms with Crippen molar-refractivity contribution >= 4 is 51.2 Å². The minimum atomic E-state index is -0.750. The van der Waals surface area contributed by atoms with Crippen molar-refractivity contribution in [1.29, 1.82) is 0 Å². The maximum absolute atomic E-state index is 12.4. The van der Waals surface area contributed by atoms with Gasteiger partial charge in [-0.3, -0.25) is 4.79 Å². The molecule has 0 saturated heterocycles. The van der Waals surface area contributed by atoms with E-state index in [0.717, 1.165) is 23.0 Å². The Balaban J connectivity index is 0.000000182. The van der Waals surface area contributed by atoms with Crippen LogP contribution in [0.1, 0.15) is 27.0 Å². The van der Waals surface area contributed by atoms with Crippen LogP contribution in [0.4, 0.5) is 0 Å². The van der Waals surface area contributed by atoms with E-state index in [4.69, 9.17) is 44.6 Å². The van der Waals surface area contributed by atoms with Crippen LogP contribution in [0.25, 0.3) is 44.7 Å². The first-order chi connectivity index (χ1) is 26.1. The average molecular weight is 777 g/mol. The molecule has 18 heteroatoms. The summed E-state index contributed by atoms with van der Waals surface area (Å²) in [6, 6.07) is 17.1. The predicted octanol–water partition coefficient (Wildman–Crippen LogP) is 3.83. The highest BCUT2D eigenvalue weighted by Crippen LogP contribution is 2.35. The summed E-state index contributed by atoms with van der Waals surface area (Å²) in [5, 5.41) is 9.90. The number of fused-ring (bicyclic) bond motifs is 4. The van der Waals surface area contributed by atoms with Gasteiger partial charge in [0.15, 0.2) is 23.0 Å². The van der Waals surface area contributed by atoms with E-state index in [1.165, 1.54) is 0 Å². The number of carbonyl (C=O) groups excluding carboxylic acids is 1. The molecule has 2 aromatic heterocycles. The van der Waals surface area contributed by atoms with E-state index < -0.39 is 34.4 Å². The fourth-order valence-electron chi connectivity index (χ4n) is 5.51. The normalized spacial score (nSPS) is 12.1. The third-order valence-electron chi connectivity index (χ3n) is 7.90. The zero-order chi connectivity index (χ0) is 38.8. The van der Waals surface area contributed by atoms with Crippen LogP contribution in [0.2, 0.25) is 0 Å². The summed E-state index contributed by atoms with van der Waals surface area (Å²) in [5.41, 5.74) is 4.39. The lowest BCUT2D eigenvalue weighted by molar-refractivity contribution is 0.112. The number of aliphatic hydroxyl groups is 1. The van der Waals surface area contributed by atoms with Crippen LogP contribution < -0.4 is 30.2 Å². The number of aryl methyl sites for hydroxylation is 2. The highest BCUT2D eigenvalue weighted by molar-refractivity contribution is 7.51. The summed E-state index contributed by atoms with van der Waals surface area (Å²) in [5.74, 6) is 2.63. The van der Waals surface area contributed by atoms with Crippen molar-refractivity contribution in [2.75, 3.05) is 26.4 Å². The Labute approximate surface area is 311 Å². The highest BCUT2D eigenvalue weighted by atomic mass is 32.1. The quantitative estimate of drug-likeness (QED) is 0.251. The fraction of sp³-hybridized carbons (Fsp3) is 0.194. The summed E-state index contributed by atoms with van der Waals surface area (Å²) in [6.07, 6.45) is 0.768. The number of benzene rings is 4. The van der Waals surface area contributed by atoms with Crippen molar-refractivity contribution in [3.05, 3.63) is 104 Å². The highest BCUT2D eigenvalue weighted by Gasteiger charge is 2.19. The van der Waals surface area contributed by atoms with Crippen molar-refractivity contribution in [3.8, 4) is 45.9 Å². The molecule has 2 aliphatic heterocycles. The SMILES string of the molecule is Cc1cc(C=O)ccc1-c1nc2cc3c(cc2c(=O)o1)OCCO3.Cc1cc(CO)ccc1-c1nc2cc3c(cc2c(=O)o1)OCCO3.O=S=O.O=S=O. The molecule has 6 aromatic rings. The number of hydrogen-bond donors (Lipinski definition) is 1. The Kier molecular flexibility index (Phi) is 12.9. The van der Waals surface area contributed by atoms with Gasteiger partial charge in [-0.2, -0.15) is 16.8 Å². The Hall–Kier alpha value is -6.37. The maximum Gasteiger partial charge on any atom is 0.347 e. The fourth-order valence-corrected chi connectivity index (χ4v) is 5.51. The predicted molar refractivity (Wildman–Crippen MR) is 192 cm³/mol. The topological polar surface area (TPSA) is 229 Å². The second-order valence-corrected chi connectivity index (χ2v) is 11.5. The molecule has 4 aromatic carbocycles. The molecule has 0 amide bonds. The number of hydrogen-bond acceptors (Lipinski definition) is 16. The third-order valence-corrected chi connectivity index (χ3v) is 7.90.